The first-order valence-electron chi connectivity index (χ1n) is 9.30. The van der Waals surface area contributed by atoms with Gasteiger partial charge in [0.25, 0.3) is 0 Å². The summed E-state index contributed by atoms with van der Waals surface area (Å²) in [5.74, 6) is -0.728. The van der Waals surface area contributed by atoms with Crippen molar-refractivity contribution in [2.75, 3.05) is 12.4 Å². The number of allylic oxidation sites excluding steroid dienone is 1. The van der Waals surface area contributed by atoms with Gasteiger partial charge in [-0.05, 0) is 52.2 Å². The van der Waals surface area contributed by atoms with Crippen molar-refractivity contribution in [1.29, 1.82) is 0 Å². The summed E-state index contributed by atoms with van der Waals surface area (Å²) in [6, 6.07) is 14.1. The van der Waals surface area contributed by atoms with Crippen LogP contribution in [-0.4, -0.2) is 39.1 Å². The van der Waals surface area contributed by atoms with Crippen molar-refractivity contribution in [3.63, 3.8) is 0 Å². The molecule has 1 aliphatic rings. The van der Waals surface area contributed by atoms with Gasteiger partial charge < -0.3 is 10.1 Å². The second-order valence-corrected chi connectivity index (χ2v) is 7.60. The largest absolute Gasteiger partial charge is 0.464 e. The molecule has 0 aliphatic carbocycles. The second-order valence-electron chi connectivity index (χ2n) is 6.69. The highest BCUT2D eigenvalue weighted by Crippen LogP contribution is 2.36. The van der Waals surface area contributed by atoms with Crippen LogP contribution in [0.4, 0.5) is 5.95 Å². The van der Waals surface area contributed by atoms with Gasteiger partial charge in [0.2, 0.25) is 5.95 Å². The molecule has 0 spiro atoms. The predicted molar refractivity (Wildman–Crippen MR) is 113 cm³/mol. The Labute approximate surface area is 181 Å². The number of esters is 1. The number of anilines is 1. The third kappa shape index (κ3) is 3.52. The summed E-state index contributed by atoms with van der Waals surface area (Å²) in [5, 5.41) is 14.6. The third-order valence-corrected chi connectivity index (χ3v) is 5.49. The number of methoxy groups -OCH3 is 1. The summed E-state index contributed by atoms with van der Waals surface area (Å²) in [6.07, 6.45) is 0.885. The van der Waals surface area contributed by atoms with Gasteiger partial charge in [-0.15, -0.1) is 0 Å². The molecule has 1 N–H and O–H groups in total. The van der Waals surface area contributed by atoms with Crippen LogP contribution in [0.15, 0.2) is 64.3 Å². The Hall–Kier alpha value is -3.33. The number of nitrogens with one attached hydrogen (secondary N) is 1. The van der Waals surface area contributed by atoms with Gasteiger partial charge in [0.15, 0.2) is 5.78 Å². The summed E-state index contributed by atoms with van der Waals surface area (Å²) >= 11 is 3.37. The first-order chi connectivity index (χ1) is 14.5. The summed E-state index contributed by atoms with van der Waals surface area (Å²) in [6.45, 7) is 2.07. The van der Waals surface area contributed by atoms with E-state index in [1.54, 1.807) is 24.3 Å². The fourth-order valence-corrected chi connectivity index (χ4v) is 3.65. The monoisotopic (exact) mass is 467 g/mol. The molecule has 0 saturated carbocycles. The Morgan fingerprint density at radius 2 is 1.83 bits per heavy atom. The highest BCUT2D eigenvalue weighted by molar-refractivity contribution is 9.10. The highest BCUT2D eigenvalue weighted by Gasteiger charge is 2.38. The molecule has 152 valence electrons. The number of fused-ring (bicyclic) bond motifs is 1. The minimum absolute atomic E-state index is 0.0253. The van der Waals surface area contributed by atoms with Crippen molar-refractivity contribution < 1.29 is 14.3 Å². The van der Waals surface area contributed by atoms with Gasteiger partial charge in [-0.25, -0.2) is 4.79 Å². The quantitative estimate of drug-likeness (QED) is 0.453. The summed E-state index contributed by atoms with van der Waals surface area (Å²) < 4.78 is 7.28. The highest BCUT2D eigenvalue weighted by atomic mass is 79.9. The maximum Gasteiger partial charge on any atom is 0.355 e. The number of tetrazole rings is 1. The minimum Gasteiger partial charge on any atom is -0.464 e. The minimum atomic E-state index is -0.688. The van der Waals surface area contributed by atoms with E-state index in [1.807, 2.05) is 24.3 Å². The van der Waals surface area contributed by atoms with Gasteiger partial charge in [-0.2, -0.15) is 4.68 Å². The molecule has 0 amide bonds. The molecule has 0 radical (unpaired) electrons. The van der Waals surface area contributed by atoms with Crippen molar-refractivity contribution in [3.8, 4) is 0 Å². The zero-order valence-corrected chi connectivity index (χ0v) is 17.9. The van der Waals surface area contributed by atoms with E-state index in [9.17, 15) is 9.59 Å². The molecule has 9 heteroatoms. The van der Waals surface area contributed by atoms with Crippen LogP contribution in [0.25, 0.3) is 0 Å². The molecular weight excluding hydrogens is 450 g/mol. The molecule has 8 nitrogen and oxygen atoms in total. The van der Waals surface area contributed by atoms with Crippen LogP contribution in [0.2, 0.25) is 0 Å². The molecule has 0 saturated heterocycles. The van der Waals surface area contributed by atoms with E-state index in [0.29, 0.717) is 5.56 Å². The van der Waals surface area contributed by atoms with Crippen molar-refractivity contribution in [2.24, 2.45) is 0 Å². The van der Waals surface area contributed by atoms with Crippen LogP contribution in [0.1, 0.15) is 34.5 Å². The van der Waals surface area contributed by atoms with E-state index in [1.165, 1.54) is 11.8 Å². The molecule has 0 unspecified atom stereocenters. The van der Waals surface area contributed by atoms with Gasteiger partial charge >= 0.3 is 5.97 Å². The second kappa shape index (κ2) is 8.19. The van der Waals surface area contributed by atoms with E-state index in [2.05, 4.69) is 43.7 Å². The topological polar surface area (TPSA) is 99.0 Å². The third-order valence-electron chi connectivity index (χ3n) is 4.96. The fraction of sp³-hybridized carbons (Fsp3) is 0.190. The Balaban J connectivity index is 1.92. The summed E-state index contributed by atoms with van der Waals surface area (Å²) in [5.41, 5.74) is 2.61. The van der Waals surface area contributed by atoms with Crippen molar-refractivity contribution >= 4 is 33.6 Å². The van der Waals surface area contributed by atoms with Crippen molar-refractivity contribution in [2.45, 2.75) is 19.4 Å². The average Bonchev–Trinajstić information content (AvgIpc) is 3.26. The van der Waals surface area contributed by atoms with Gasteiger partial charge in [-0.3, -0.25) is 4.79 Å². The molecule has 0 fully saturated rings. The van der Waals surface area contributed by atoms with Crippen LogP contribution in [-0.2, 0) is 16.0 Å². The number of aryl methyl sites for hydroxylation is 1. The van der Waals surface area contributed by atoms with Crippen LogP contribution in [0.3, 0.4) is 0 Å². The number of ketones is 1. The maximum absolute atomic E-state index is 13.6. The van der Waals surface area contributed by atoms with Crippen LogP contribution < -0.4 is 5.32 Å². The lowest BCUT2D eigenvalue weighted by Crippen LogP contribution is -2.32. The molecular formula is C21H18BrN5O3. The van der Waals surface area contributed by atoms with E-state index < -0.39 is 12.0 Å². The first-order valence-corrected chi connectivity index (χ1v) is 10.1. The number of ether oxygens (including phenoxy) is 1. The zero-order valence-electron chi connectivity index (χ0n) is 16.3. The molecule has 3 aromatic rings. The Morgan fingerprint density at radius 1 is 1.13 bits per heavy atom. The number of halogens is 1. The summed E-state index contributed by atoms with van der Waals surface area (Å²) in [4.78, 5) is 26.2. The standard InChI is InChI=1S/C21H18BrN5O3/c1-3-12-4-6-13(7-5-12)18-16(19(28)14-8-10-15(22)11-9-14)17(20(29)30-2)23-21-24-25-26-27(18)21/h4-11,18H,3H2,1-2H3,(H,23,24,26)/t18-/m1/s1. The Bertz CT molecular complexity index is 1140. The number of aromatic nitrogens is 4. The molecule has 30 heavy (non-hydrogen) atoms. The summed E-state index contributed by atoms with van der Waals surface area (Å²) in [7, 11) is 1.27. The van der Waals surface area contributed by atoms with Crippen LogP contribution >= 0.6 is 15.9 Å². The average molecular weight is 468 g/mol. The number of hydrogen-bond acceptors (Lipinski definition) is 7. The molecule has 0 bridgehead atoms. The SMILES string of the molecule is CCc1ccc([C@@H]2C(C(=O)c3ccc(Br)cc3)=C(C(=O)OC)Nc3nnnn32)cc1. The van der Waals surface area contributed by atoms with Crippen LogP contribution in [0, 0.1) is 0 Å². The molecule has 1 aromatic heterocycles. The van der Waals surface area contributed by atoms with E-state index in [0.717, 1.165) is 22.0 Å². The number of rotatable bonds is 5. The molecule has 2 aromatic carbocycles. The van der Waals surface area contributed by atoms with E-state index in [4.69, 9.17) is 4.74 Å². The van der Waals surface area contributed by atoms with Gasteiger partial charge in [-0.1, -0.05) is 52.2 Å². The smallest absolute Gasteiger partial charge is 0.355 e. The lowest BCUT2D eigenvalue weighted by molar-refractivity contribution is -0.136. The lowest BCUT2D eigenvalue weighted by atomic mass is 9.89. The maximum atomic E-state index is 13.6. The Kier molecular flexibility index (Phi) is 5.45. The van der Waals surface area contributed by atoms with Crippen LogP contribution in [0.5, 0.6) is 0 Å². The zero-order chi connectivity index (χ0) is 21.3. The van der Waals surface area contributed by atoms with Crippen molar-refractivity contribution in [1.82, 2.24) is 20.2 Å². The van der Waals surface area contributed by atoms with Gasteiger partial charge in [0.1, 0.15) is 11.7 Å². The first kappa shape index (κ1) is 20.0. The Morgan fingerprint density at radius 3 is 2.47 bits per heavy atom. The normalized spacial score (nSPS) is 15.4. The molecule has 2 heterocycles. The number of nitrogens with zero attached hydrogens (tertiary/aromatic N) is 4. The molecule has 1 atom stereocenters. The predicted octanol–water partition coefficient (Wildman–Crippen LogP) is 3.32. The number of hydrogen-bond donors (Lipinski definition) is 1. The lowest BCUT2D eigenvalue weighted by Gasteiger charge is -2.28. The number of carbonyl (C=O) groups excluding carboxylic acids is 2. The van der Waals surface area contributed by atoms with Gasteiger partial charge in [0, 0.05) is 10.0 Å². The number of Topliss-reactive ketones (excluding diaryl/α,β-unsaturated/α-hetero) is 1. The van der Waals surface area contributed by atoms with Crippen molar-refractivity contribution in [3.05, 3.63) is 81.0 Å². The number of carbonyl (C=O) groups is 2. The van der Waals surface area contributed by atoms with E-state index >= 15 is 0 Å². The molecule has 4 rings (SSSR count). The van der Waals surface area contributed by atoms with Gasteiger partial charge in [0.05, 0.1) is 12.7 Å². The fourth-order valence-electron chi connectivity index (χ4n) is 3.39. The number of benzene rings is 2. The molecule has 1 aliphatic heterocycles. The van der Waals surface area contributed by atoms with E-state index in [-0.39, 0.29) is 23.0 Å².